The van der Waals surface area contributed by atoms with Crippen LogP contribution in [0.25, 0.3) is 0 Å². The molecule has 0 aliphatic carbocycles. The van der Waals surface area contributed by atoms with Crippen molar-refractivity contribution in [3.8, 4) is 0 Å². The van der Waals surface area contributed by atoms with Gasteiger partial charge in [0, 0.05) is 0 Å². The van der Waals surface area contributed by atoms with Gasteiger partial charge in [0.1, 0.15) is 12.2 Å². The average Bonchev–Trinajstić information content (AvgIpc) is 2.56. The first-order valence-electron chi connectivity index (χ1n) is 6.61. The molecule has 3 nitrogen and oxygen atoms in total. The van der Waals surface area contributed by atoms with Crippen molar-refractivity contribution in [2.45, 2.75) is 76.9 Å². The van der Waals surface area contributed by atoms with Crippen LogP contribution < -0.4 is 0 Å². The van der Waals surface area contributed by atoms with E-state index in [1.807, 2.05) is 0 Å². The lowest BCUT2D eigenvalue weighted by Gasteiger charge is -2.12. The number of unbranched alkanes of at least 4 members (excludes halogenated alkanes) is 6. The molecule has 0 unspecified atom stereocenters. The third-order valence-electron chi connectivity index (χ3n) is 3.18. The van der Waals surface area contributed by atoms with Crippen LogP contribution in [0.15, 0.2) is 0 Å². The van der Waals surface area contributed by atoms with E-state index < -0.39 is 6.10 Å². The Hall–Kier alpha value is -0.570. The van der Waals surface area contributed by atoms with E-state index in [2.05, 4.69) is 6.92 Å². The summed E-state index contributed by atoms with van der Waals surface area (Å²) in [5.41, 5.74) is 0. The minimum absolute atomic E-state index is 0.182. The fraction of sp³-hybridized carbons (Fsp3) is 0.923. The van der Waals surface area contributed by atoms with E-state index in [-0.39, 0.29) is 18.5 Å². The molecule has 0 aromatic heterocycles. The summed E-state index contributed by atoms with van der Waals surface area (Å²) in [6.07, 6.45) is 8.96. The quantitative estimate of drug-likeness (QED) is 0.513. The van der Waals surface area contributed by atoms with Crippen LogP contribution in [0.2, 0.25) is 0 Å². The summed E-state index contributed by atoms with van der Waals surface area (Å²) in [5, 5.41) is 9.49. The Kier molecular flexibility index (Phi) is 6.46. The van der Waals surface area contributed by atoms with Crippen LogP contribution >= 0.6 is 0 Å². The fourth-order valence-electron chi connectivity index (χ4n) is 2.15. The summed E-state index contributed by atoms with van der Waals surface area (Å²) in [6, 6.07) is 0. The van der Waals surface area contributed by atoms with E-state index in [1.165, 1.54) is 38.5 Å². The Labute approximate surface area is 98.2 Å². The summed E-state index contributed by atoms with van der Waals surface area (Å²) >= 11 is 0. The molecular weight excluding hydrogens is 204 g/mol. The van der Waals surface area contributed by atoms with E-state index >= 15 is 0 Å². The van der Waals surface area contributed by atoms with Crippen LogP contribution in [0.3, 0.4) is 0 Å². The minimum atomic E-state index is -0.562. The molecule has 1 rings (SSSR count). The Bertz CT molecular complexity index is 203. The maximum Gasteiger partial charge on any atom is 0.308 e. The zero-order valence-corrected chi connectivity index (χ0v) is 10.3. The predicted molar refractivity (Wildman–Crippen MR) is 63.1 cm³/mol. The van der Waals surface area contributed by atoms with Crippen molar-refractivity contribution in [1.82, 2.24) is 0 Å². The lowest BCUT2D eigenvalue weighted by atomic mass is 10.0. The number of ether oxygens (including phenoxy) is 1. The fourth-order valence-corrected chi connectivity index (χ4v) is 2.15. The molecule has 94 valence electrons. The third kappa shape index (κ3) is 4.97. The minimum Gasteiger partial charge on any atom is -0.460 e. The maximum absolute atomic E-state index is 10.9. The van der Waals surface area contributed by atoms with Crippen molar-refractivity contribution in [3.05, 3.63) is 0 Å². The second-order valence-corrected chi connectivity index (χ2v) is 4.71. The summed E-state index contributed by atoms with van der Waals surface area (Å²) in [5.74, 6) is -0.250. The Morgan fingerprint density at radius 1 is 1.19 bits per heavy atom. The molecule has 0 aromatic rings. The summed E-state index contributed by atoms with van der Waals surface area (Å²) in [4.78, 5) is 10.9. The van der Waals surface area contributed by atoms with Gasteiger partial charge < -0.3 is 9.84 Å². The van der Waals surface area contributed by atoms with Crippen LogP contribution in [-0.2, 0) is 9.53 Å². The molecule has 1 N–H and O–H groups in total. The van der Waals surface area contributed by atoms with Crippen molar-refractivity contribution < 1.29 is 14.6 Å². The molecule has 1 aliphatic rings. The van der Waals surface area contributed by atoms with Crippen molar-refractivity contribution in [2.75, 3.05) is 0 Å². The van der Waals surface area contributed by atoms with Crippen molar-refractivity contribution in [2.24, 2.45) is 0 Å². The zero-order chi connectivity index (χ0) is 11.8. The number of esters is 1. The molecule has 0 saturated carbocycles. The molecule has 3 heteroatoms. The van der Waals surface area contributed by atoms with Gasteiger partial charge in [-0.2, -0.15) is 0 Å². The number of aliphatic hydroxyl groups excluding tert-OH is 1. The SMILES string of the molecule is CCCCCCCCC[C@@H]1OC(=O)C[C@@H]1O. The first-order valence-corrected chi connectivity index (χ1v) is 6.61. The number of cyclic esters (lactones) is 1. The molecule has 0 aromatic carbocycles. The first kappa shape index (κ1) is 13.5. The van der Waals surface area contributed by atoms with Crippen molar-refractivity contribution >= 4 is 5.97 Å². The van der Waals surface area contributed by atoms with E-state index in [4.69, 9.17) is 4.74 Å². The van der Waals surface area contributed by atoms with Crippen molar-refractivity contribution in [1.29, 1.82) is 0 Å². The second-order valence-electron chi connectivity index (χ2n) is 4.71. The van der Waals surface area contributed by atoms with E-state index in [1.54, 1.807) is 0 Å². The number of hydrogen-bond donors (Lipinski definition) is 1. The summed E-state index contributed by atoms with van der Waals surface area (Å²) < 4.78 is 5.03. The van der Waals surface area contributed by atoms with Gasteiger partial charge in [-0.05, 0) is 12.8 Å². The molecule has 1 heterocycles. The number of carbonyl (C=O) groups is 1. The van der Waals surface area contributed by atoms with Gasteiger partial charge >= 0.3 is 5.97 Å². The van der Waals surface area contributed by atoms with Crippen LogP contribution in [0.4, 0.5) is 0 Å². The molecule has 1 saturated heterocycles. The highest BCUT2D eigenvalue weighted by molar-refractivity contribution is 5.72. The highest BCUT2D eigenvalue weighted by atomic mass is 16.6. The monoisotopic (exact) mass is 228 g/mol. The number of hydrogen-bond acceptors (Lipinski definition) is 3. The first-order chi connectivity index (χ1) is 7.74. The Balaban J connectivity index is 1.93. The topological polar surface area (TPSA) is 46.5 Å². The Morgan fingerprint density at radius 3 is 2.38 bits per heavy atom. The number of carbonyl (C=O) groups excluding carboxylic acids is 1. The van der Waals surface area contributed by atoms with E-state index in [0.29, 0.717) is 0 Å². The molecule has 0 amide bonds. The van der Waals surface area contributed by atoms with Crippen molar-refractivity contribution in [3.63, 3.8) is 0 Å². The lowest BCUT2D eigenvalue weighted by Crippen LogP contribution is -2.20. The van der Waals surface area contributed by atoms with Gasteiger partial charge in [0.25, 0.3) is 0 Å². The van der Waals surface area contributed by atoms with Crippen LogP contribution in [-0.4, -0.2) is 23.3 Å². The Morgan fingerprint density at radius 2 is 1.81 bits per heavy atom. The summed E-state index contributed by atoms with van der Waals surface area (Å²) in [6.45, 7) is 2.22. The average molecular weight is 228 g/mol. The van der Waals surface area contributed by atoms with Gasteiger partial charge in [-0.25, -0.2) is 0 Å². The van der Waals surface area contributed by atoms with Gasteiger partial charge in [-0.1, -0.05) is 45.4 Å². The normalized spacial score (nSPS) is 24.8. The van der Waals surface area contributed by atoms with Gasteiger partial charge in [0.05, 0.1) is 6.42 Å². The van der Waals surface area contributed by atoms with Gasteiger partial charge in [0.15, 0.2) is 0 Å². The van der Waals surface area contributed by atoms with Gasteiger partial charge in [0.2, 0.25) is 0 Å². The second kappa shape index (κ2) is 7.66. The van der Waals surface area contributed by atoms with E-state index in [9.17, 15) is 9.90 Å². The van der Waals surface area contributed by atoms with Crippen LogP contribution in [0.1, 0.15) is 64.7 Å². The predicted octanol–water partition coefficient (Wildman–Crippen LogP) is 2.80. The molecule has 0 radical (unpaired) electrons. The number of aliphatic hydroxyl groups is 1. The molecule has 16 heavy (non-hydrogen) atoms. The van der Waals surface area contributed by atoms with Gasteiger partial charge in [-0.3, -0.25) is 4.79 Å². The van der Waals surface area contributed by atoms with Crippen LogP contribution in [0.5, 0.6) is 0 Å². The van der Waals surface area contributed by atoms with Crippen LogP contribution in [0, 0.1) is 0 Å². The number of rotatable bonds is 8. The highest BCUT2D eigenvalue weighted by Gasteiger charge is 2.32. The smallest absolute Gasteiger partial charge is 0.308 e. The lowest BCUT2D eigenvalue weighted by molar-refractivity contribution is -0.142. The third-order valence-corrected chi connectivity index (χ3v) is 3.18. The molecule has 1 aliphatic heterocycles. The largest absolute Gasteiger partial charge is 0.460 e. The molecular formula is C13H24O3. The zero-order valence-electron chi connectivity index (χ0n) is 10.3. The van der Waals surface area contributed by atoms with E-state index in [0.717, 1.165) is 12.8 Å². The maximum atomic E-state index is 10.9. The molecule has 0 bridgehead atoms. The molecule has 2 atom stereocenters. The molecule has 1 fully saturated rings. The molecule has 0 spiro atoms. The standard InChI is InChI=1S/C13H24O3/c1-2-3-4-5-6-7-8-9-12-11(14)10-13(15)16-12/h11-12,14H,2-10H2,1H3/t11-,12-/m0/s1. The van der Waals surface area contributed by atoms with Gasteiger partial charge in [-0.15, -0.1) is 0 Å². The highest BCUT2D eigenvalue weighted by Crippen LogP contribution is 2.20. The summed E-state index contributed by atoms with van der Waals surface area (Å²) in [7, 11) is 0.